The fourth-order valence-corrected chi connectivity index (χ4v) is 3.88. The van der Waals surface area contributed by atoms with Crippen LogP contribution in [0.15, 0.2) is 6.20 Å². The number of hydrogen-bond donors (Lipinski definition) is 2. The number of nitrogens with one attached hydrogen (secondary N) is 1. The molecule has 0 spiro atoms. The van der Waals surface area contributed by atoms with Gasteiger partial charge in [-0.3, -0.25) is 0 Å². The fraction of sp³-hybridized carbons (Fsp3) is 0.667. The third-order valence-electron chi connectivity index (χ3n) is 5.07. The molecule has 3 saturated carbocycles. The van der Waals surface area contributed by atoms with E-state index in [2.05, 4.69) is 15.3 Å². The summed E-state index contributed by atoms with van der Waals surface area (Å²) in [6, 6.07) is 0.483. The first kappa shape index (κ1) is 12.1. The summed E-state index contributed by atoms with van der Waals surface area (Å²) in [6.45, 7) is 0. The molecule has 3 aliphatic carbocycles. The van der Waals surface area contributed by atoms with Crippen molar-refractivity contribution in [1.82, 2.24) is 9.97 Å². The molecule has 3 fully saturated rings. The summed E-state index contributed by atoms with van der Waals surface area (Å²) in [4.78, 5) is 19.9. The predicted octanol–water partition coefficient (Wildman–Crippen LogP) is 2.65. The van der Waals surface area contributed by atoms with Crippen LogP contribution in [0.1, 0.15) is 60.5 Å². The summed E-state index contributed by atoms with van der Waals surface area (Å²) in [7, 11) is 0. The van der Waals surface area contributed by atoms with Crippen LogP contribution < -0.4 is 5.32 Å². The summed E-state index contributed by atoms with van der Waals surface area (Å²) < 4.78 is 0. The number of carbonyl (C=O) groups is 1. The first-order chi connectivity index (χ1) is 9.70. The van der Waals surface area contributed by atoms with E-state index in [-0.39, 0.29) is 5.56 Å². The number of nitrogens with zero attached hydrogens (tertiary/aromatic N) is 2. The van der Waals surface area contributed by atoms with Gasteiger partial charge >= 0.3 is 5.97 Å². The molecule has 2 N–H and O–H groups in total. The molecular weight excluding hydrogens is 254 g/mol. The van der Waals surface area contributed by atoms with Gasteiger partial charge in [0.15, 0.2) is 0 Å². The number of fused-ring (bicyclic) bond motifs is 2. The Balaban J connectivity index is 1.56. The van der Waals surface area contributed by atoms with E-state index in [1.807, 2.05) is 0 Å². The van der Waals surface area contributed by atoms with Crippen LogP contribution in [-0.4, -0.2) is 27.1 Å². The van der Waals surface area contributed by atoms with Gasteiger partial charge in [-0.05, 0) is 43.9 Å². The lowest BCUT2D eigenvalue weighted by atomic mass is 9.95. The van der Waals surface area contributed by atoms with Crippen molar-refractivity contribution in [2.45, 2.75) is 50.5 Å². The lowest BCUT2D eigenvalue weighted by Crippen LogP contribution is -2.27. The average molecular weight is 273 g/mol. The smallest absolute Gasteiger partial charge is 0.339 e. The van der Waals surface area contributed by atoms with Crippen molar-refractivity contribution < 1.29 is 9.90 Å². The first-order valence-corrected chi connectivity index (χ1v) is 7.57. The molecule has 1 aromatic heterocycles. The van der Waals surface area contributed by atoms with Crippen molar-refractivity contribution in [3.63, 3.8) is 0 Å². The van der Waals surface area contributed by atoms with Gasteiger partial charge in [-0.15, -0.1) is 0 Å². The standard InChI is InChI=1S/C15H19N3O2/c19-14(20)11-7-16-15(18-13(11)9-3-4-9)17-12-6-8-1-2-10(12)5-8/h7-10,12H,1-6H2,(H,19,20)(H,16,17,18)/t8-,10+,12-/m1/s1. The fourth-order valence-electron chi connectivity index (χ4n) is 3.88. The molecule has 2 bridgehead atoms. The zero-order valence-electron chi connectivity index (χ0n) is 11.4. The number of aromatic carboxylic acids is 1. The minimum absolute atomic E-state index is 0.269. The highest BCUT2D eigenvalue weighted by molar-refractivity contribution is 5.89. The first-order valence-electron chi connectivity index (χ1n) is 7.57. The average Bonchev–Trinajstić information content (AvgIpc) is 3.08. The van der Waals surface area contributed by atoms with Crippen molar-refractivity contribution in [1.29, 1.82) is 0 Å². The maximum atomic E-state index is 11.2. The van der Waals surface area contributed by atoms with E-state index in [9.17, 15) is 9.90 Å². The van der Waals surface area contributed by atoms with E-state index in [0.29, 0.717) is 17.9 Å². The Hall–Kier alpha value is -1.65. The highest BCUT2D eigenvalue weighted by Gasteiger charge is 2.40. The summed E-state index contributed by atoms with van der Waals surface area (Å²) in [5.41, 5.74) is 0.990. The Morgan fingerprint density at radius 1 is 1.25 bits per heavy atom. The van der Waals surface area contributed by atoms with E-state index < -0.39 is 5.97 Å². The van der Waals surface area contributed by atoms with E-state index in [0.717, 1.165) is 30.4 Å². The molecule has 0 saturated heterocycles. The van der Waals surface area contributed by atoms with Crippen molar-refractivity contribution in [2.24, 2.45) is 11.8 Å². The Bertz CT molecular complexity index is 556. The second-order valence-corrected chi connectivity index (χ2v) is 6.50. The molecule has 0 unspecified atom stereocenters. The van der Waals surface area contributed by atoms with E-state index >= 15 is 0 Å². The molecule has 0 amide bonds. The highest BCUT2D eigenvalue weighted by Crippen LogP contribution is 2.45. The van der Waals surface area contributed by atoms with Gasteiger partial charge in [0, 0.05) is 18.2 Å². The zero-order chi connectivity index (χ0) is 13.7. The van der Waals surface area contributed by atoms with Gasteiger partial charge in [-0.1, -0.05) is 6.42 Å². The summed E-state index contributed by atoms with van der Waals surface area (Å²) in [6.07, 6.45) is 8.79. The lowest BCUT2D eigenvalue weighted by Gasteiger charge is -2.23. The normalized spacial score (nSPS) is 31.5. The number of rotatable bonds is 4. The monoisotopic (exact) mass is 273 g/mol. The van der Waals surface area contributed by atoms with Crippen molar-refractivity contribution in [2.75, 3.05) is 5.32 Å². The Morgan fingerprint density at radius 2 is 2.10 bits per heavy atom. The quantitative estimate of drug-likeness (QED) is 0.882. The van der Waals surface area contributed by atoms with Gasteiger partial charge in [0.25, 0.3) is 0 Å². The van der Waals surface area contributed by atoms with Crippen molar-refractivity contribution >= 4 is 11.9 Å². The molecule has 4 rings (SSSR count). The Labute approximate surface area is 117 Å². The molecule has 1 heterocycles. The van der Waals surface area contributed by atoms with Crippen LogP contribution in [0, 0.1) is 11.8 Å². The molecule has 3 aliphatic rings. The number of carboxylic acid groups (broad SMARTS) is 1. The van der Waals surface area contributed by atoms with E-state index in [1.165, 1.54) is 31.9 Å². The van der Waals surface area contributed by atoms with Gasteiger partial charge < -0.3 is 10.4 Å². The number of anilines is 1. The molecule has 106 valence electrons. The molecule has 5 nitrogen and oxygen atoms in total. The Morgan fingerprint density at radius 3 is 2.70 bits per heavy atom. The third kappa shape index (κ3) is 2.05. The maximum absolute atomic E-state index is 11.2. The maximum Gasteiger partial charge on any atom is 0.339 e. The van der Waals surface area contributed by atoms with Crippen LogP contribution in [0.5, 0.6) is 0 Å². The molecule has 20 heavy (non-hydrogen) atoms. The van der Waals surface area contributed by atoms with Crippen LogP contribution in [0.2, 0.25) is 0 Å². The third-order valence-corrected chi connectivity index (χ3v) is 5.07. The summed E-state index contributed by atoms with van der Waals surface area (Å²) >= 11 is 0. The van der Waals surface area contributed by atoms with Gasteiger partial charge in [0.05, 0.1) is 11.3 Å². The minimum Gasteiger partial charge on any atom is -0.478 e. The highest BCUT2D eigenvalue weighted by atomic mass is 16.4. The van der Waals surface area contributed by atoms with E-state index in [4.69, 9.17) is 0 Å². The molecule has 0 radical (unpaired) electrons. The molecular formula is C15H19N3O2. The summed E-state index contributed by atoms with van der Waals surface area (Å²) in [5.74, 6) is 1.66. The van der Waals surface area contributed by atoms with E-state index in [1.54, 1.807) is 0 Å². The number of aromatic nitrogens is 2. The van der Waals surface area contributed by atoms with Gasteiger partial charge in [-0.2, -0.15) is 0 Å². The van der Waals surface area contributed by atoms with Gasteiger partial charge in [-0.25, -0.2) is 14.8 Å². The largest absolute Gasteiger partial charge is 0.478 e. The van der Waals surface area contributed by atoms with Crippen LogP contribution in [0.4, 0.5) is 5.95 Å². The minimum atomic E-state index is -0.918. The topological polar surface area (TPSA) is 75.1 Å². The van der Waals surface area contributed by atoms with Crippen molar-refractivity contribution in [3.05, 3.63) is 17.5 Å². The molecule has 1 aromatic rings. The Kier molecular flexibility index (Phi) is 2.69. The number of carboxylic acids is 1. The molecule has 5 heteroatoms. The summed E-state index contributed by atoms with van der Waals surface area (Å²) in [5, 5.41) is 12.6. The van der Waals surface area contributed by atoms with Crippen molar-refractivity contribution in [3.8, 4) is 0 Å². The molecule has 0 aromatic carbocycles. The second-order valence-electron chi connectivity index (χ2n) is 6.50. The van der Waals surface area contributed by atoms with Gasteiger partial charge in [0.2, 0.25) is 5.95 Å². The lowest BCUT2D eigenvalue weighted by molar-refractivity contribution is 0.0694. The van der Waals surface area contributed by atoms with Gasteiger partial charge in [0.1, 0.15) is 0 Å². The van der Waals surface area contributed by atoms with Crippen LogP contribution in [0.25, 0.3) is 0 Å². The number of hydrogen-bond acceptors (Lipinski definition) is 4. The van der Waals surface area contributed by atoms with Crippen LogP contribution >= 0.6 is 0 Å². The SMILES string of the molecule is O=C(O)c1cnc(N[C@@H]2C[C@@H]3CC[C@H]2C3)nc1C1CC1. The van der Waals surface area contributed by atoms with Crippen LogP contribution in [-0.2, 0) is 0 Å². The predicted molar refractivity (Wildman–Crippen MR) is 73.8 cm³/mol. The zero-order valence-corrected chi connectivity index (χ0v) is 11.4. The molecule has 3 atom stereocenters. The second kappa shape index (κ2) is 4.43. The van der Waals surface area contributed by atoms with Crippen LogP contribution in [0.3, 0.4) is 0 Å². The molecule has 0 aliphatic heterocycles.